The second-order valence-corrected chi connectivity index (χ2v) is 9.48. The molecule has 0 bridgehead atoms. The number of hydrogen-bond acceptors (Lipinski definition) is 7. The van der Waals surface area contributed by atoms with E-state index in [1.165, 1.54) is 37.6 Å². The van der Waals surface area contributed by atoms with Gasteiger partial charge in [0.05, 0.1) is 41.6 Å². The number of carbonyl (C=O) groups is 1. The van der Waals surface area contributed by atoms with Gasteiger partial charge in [-0.3, -0.25) is 4.79 Å². The molecule has 36 heavy (non-hydrogen) atoms. The number of hydrogen-bond donors (Lipinski definition) is 0. The zero-order valence-corrected chi connectivity index (χ0v) is 21.7. The van der Waals surface area contributed by atoms with Crippen molar-refractivity contribution in [3.63, 3.8) is 0 Å². The molecule has 0 aliphatic carbocycles. The minimum absolute atomic E-state index is 0.235. The molecule has 1 aromatic heterocycles. The molecule has 5 rings (SSSR count). The topological polar surface area (TPSA) is 73.2 Å². The Morgan fingerprint density at radius 3 is 2.22 bits per heavy atom. The van der Waals surface area contributed by atoms with Crippen molar-refractivity contribution in [1.82, 2.24) is 4.98 Å². The van der Waals surface area contributed by atoms with Crippen molar-refractivity contribution in [2.45, 2.75) is 0 Å². The molecule has 10 heteroatoms. The van der Waals surface area contributed by atoms with E-state index in [1.54, 1.807) is 30.3 Å². The second-order valence-electron chi connectivity index (χ2n) is 7.66. The Morgan fingerprint density at radius 2 is 1.58 bits per heavy atom. The fourth-order valence-corrected chi connectivity index (χ4v) is 5.20. The quantitative estimate of drug-likeness (QED) is 0.263. The SMILES string of the molecule is COc1cc(/C=C2\N=C(c3ccccc3)N(c3nc4cc(Cl)c(Cl)cc4s3)C2=O)cc(OC)c1OC. The summed E-state index contributed by atoms with van der Waals surface area (Å²) in [6.45, 7) is 0. The van der Waals surface area contributed by atoms with Crippen LogP contribution in [0.5, 0.6) is 17.2 Å². The first kappa shape index (κ1) is 24.1. The average molecular weight is 540 g/mol. The molecule has 0 atom stereocenters. The summed E-state index contributed by atoms with van der Waals surface area (Å²) in [6.07, 6.45) is 1.68. The number of ether oxygens (including phenoxy) is 3. The van der Waals surface area contributed by atoms with Crippen LogP contribution in [0.3, 0.4) is 0 Å². The molecule has 2 heterocycles. The van der Waals surface area contributed by atoms with E-state index in [4.69, 9.17) is 42.4 Å². The molecule has 0 saturated heterocycles. The van der Waals surface area contributed by atoms with Gasteiger partial charge >= 0.3 is 0 Å². The van der Waals surface area contributed by atoms with Gasteiger partial charge in [-0.05, 0) is 35.9 Å². The van der Waals surface area contributed by atoms with E-state index in [0.717, 1.165) is 10.3 Å². The largest absolute Gasteiger partial charge is 0.493 e. The fourth-order valence-electron chi connectivity index (χ4n) is 3.82. The Kier molecular flexibility index (Phi) is 6.57. The van der Waals surface area contributed by atoms with E-state index < -0.39 is 0 Å². The van der Waals surface area contributed by atoms with Gasteiger partial charge in [-0.2, -0.15) is 0 Å². The summed E-state index contributed by atoms with van der Waals surface area (Å²) in [6, 6.07) is 16.4. The number of anilines is 1. The van der Waals surface area contributed by atoms with Crippen molar-refractivity contribution in [2.75, 3.05) is 26.2 Å². The van der Waals surface area contributed by atoms with Gasteiger partial charge in [0.15, 0.2) is 16.6 Å². The normalized spacial score (nSPS) is 14.5. The highest BCUT2D eigenvalue weighted by Gasteiger charge is 2.35. The van der Waals surface area contributed by atoms with Gasteiger partial charge in [0, 0.05) is 5.56 Å². The van der Waals surface area contributed by atoms with Crippen molar-refractivity contribution in [1.29, 1.82) is 0 Å². The van der Waals surface area contributed by atoms with Crippen molar-refractivity contribution in [3.05, 3.63) is 81.5 Å². The smallest absolute Gasteiger partial charge is 0.284 e. The maximum atomic E-state index is 13.7. The summed E-state index contributed by atoms with van der Waals surface area (Å²) in [5.41, 5.74) is 2.31. The maximum Gasteiger partial charge on any atom is 0.284 e. The third kappa shape index (κ3) is 4.28. The number of methoxy groups -OCH3 is 3. The lowest BCUT2D eigenvalue weighted by molar-refractivity contribution is -0.113. The lowest BCUT2D eigenvalue weighted by Gasteiger charge is -2.15. The number of rotatable bonds is 6. The minimum Gasteiger partial charge on any atom is -0.493 e. The van der Waals surface area contributed by atoms with E-state index >= 15 is 0 Å². The van der Waals surface area contributed by atoms with Crippen LogP contribution in [-0.2, 0) is 4.79 Å². The van der Waals surface area contributed by atoms with Gasteiger partial charge in [0.2, 0.25) is 5.75 Å². The number of aliphatic imine (C=N–C) groups is 1. The van der Waals surface area contributed by atoms with Crippen molar-refractivity contribution < 1.29 is 19.0 Å². The Hall–Kier alpha value is -3.59. The molecule has 3 aromatic carbocycles. The van der Waals surface area contributed by atoms with Gasteiger partial charge in [0.25, 0.3) is 5.91 Å². The molecule has 1 aliphatic heterocycles. The van der Waals surface area contributed by atoms with Crippen molar-refractivity contribution >= 4 is 67.7 Å². The Labute approximate surface area is 221 Å². The van der Waals surface area contributed by atoms with Crippen LogP contribution >= 0.6 is 34.5 Å². The number of amidine groups is 1. The molecule has 0 saturated carbocycles. The first-order chi connectivity index (χ1) is 17.4. The highest BCUT2D eigenvalue weighted by Crippen LogP contribution is 2.40. The molecule has 0 spiro atoms. The molecule has 0 N–H and O–H groups in total. The molecule has 7 nitrogen and oxygen atoms in total. The third-order valence-electron chi connectivity index (χ3n) is 5.49. The van der Waals surface area contributed by atoms with E-state index in [-0.39, 0.29) is 11.6 Å². The average Bonchev–Trinajstić information content (AvgIpc) is 3.43. The molecule has 0 radical (unpaired) electrons. The van der Waals surface area contributed by atoms with Gasteiger partial charge in [-0.25, -0.2) is 14.9 Å². The lowest BCUT2D eigenvalue weighted by atomic mass is 10.1. The molecule has 182 valence electrons. The first-order valence-corrected chi connectivity index (χ1v) is 12.3. The predicted octanol–water partition coefficient (Wildman–Crippen LogP) is 6.46. The first-order valence-electron chi connectivity index (χ1n) is 10.7. The molecule has 1 amide bonds. The highest BCUT2D eigenvalue weighted by molar-refractivity contribution is 7.22. The van der Waals surface area contributed by atoms with Crippen molar-refractivity contribution in [2.24, 2.45) is 4.99 Å². The van der Waals surface area contributed by atoms with Crippen LogP contribution in [0.2, 0.25) is 10.0 Å². The van der Waals surface area contributed by atoms with Crippen LogP contribution < -0.4 is 19.1 Å². The van der Waals surface area contributed by atoms with E-state index in [1.807, 2.05) is 30.3 Å². The zero-order valence-electron chi connectivity index (χ0n) is 19.4. The molecule has 0 fully saturated rings. The van der Waals surface area contributed by atoms with Gasteiger partial charge < -0.3 is 14.2 Å². The van der Waals surface area contributed by atoms with Crippen molar-refractivity contribution in [3.8, 4) is 17.2 Å². The summed E-state index contributed by atoms with van der Waals surface area (Å²) >= 11 is 13.7. The molecule has 4 aromatic rings. The van der Waals surface area contributed by atoms with E-state index in [0.29, 0.717) is 49.3 Å². The highest BCUT2D eigenvalue weighted by atomic mass is 35.5. The van der Waals surface area contributed by atoms with Crippen LogP contribution in [0.1, 0.15) is 11.1 Å². The Morgan fingerprint density at radius 1 is 0.917 bits per heavy atom. The Bertz CT molecular complexity index is 1490. The summed E-state index contributed by atoms with van der Waals surface area (Å²) in [5, 5.41) is 1.28. The maximum absolute atomic E-state index is 13.7. The van der Waals surface area contributed by atoms with Crippen LogP contribution in [0, 0.1) is 0 Å². The molecule has 0 unspecified atom stereocenters. The van der Waals surface area contributed by atoms with Gasteiger partial charge in [-0.1, -0.05) is 64.9 Å². The number of halogens is 2. The number of amides is 1. The minimum atomic E-state index is -0.321. The van der Waals surface area contributed by atoms with E-state index in [2.05, 4.69) is 4.98 Å². The second kappa shape index (κ2) is 9.81. The summed E-state index contributed by atoms with van der Waals surface area (Å²) in [5.74, 6) is 1.55. The summed E-state index contributed by atoms with van der Waals surface area (Å²) < 4.78 is 17.1. The zero-order chi connectivity index (χ0) is 25.4. The number of fused-ring (bicyclic) bond motifs is 1. The third-order valence-corrected chi connectivity index (χ3v) is 7.22. The fraction of sp³-hybridized carbons (Fsp3) is 0.115. The number of aromatic nitrogens is 1. The number of benzene rings is 3. The van der Waals surface area contributed by atoms with Gasteiger partial charge in [-0.15, -0.1) is 0 Å². The molecule has 1 aliphatic rings. The summed E-state index contributed by atoms with van der Waals surface area (Å²) in [4.78, 5) is 24.6. The van der Waals surface area contributed by atoms with E-state index in [9.17, 15) is 4.79 Å². The van der Waals surface area contributed by atoms with Crippen LogP contribution in [0.15, 0.2) is 65.3 Å². The molecular weight excluding hydrogens is 521 g/mol. The van der Waals surface area contributed by atoms with Crippen LogP contribution in [-0.4, -0.2) is 38.1 Å². The van der Waals surface area contributed by atoms with Gasteiger partial charge in [0.1, 0.15) is 11.5 Å². The summed E-state index contributed by atoms with van der Waals surface area (Å²) in [7, 11) is 4.60. The monoisotopic (exact) mass is 539 g/mol. The number of nitrogens with zero attached hydrogens (tertiary/aromatic N) is 3. The predicted molar refractivity (Wildman–Crippen MR) is 144 cm³/mol. The van der Waals surface area contributed by atoms with Crippen LogP contribution in [0.4, 0.5) is 5.13 Å². The Balaban J connectivity index is 1.64. The van der Waals surface area contributed by atoms with Crippen LogP contribution in [0.25, 0.3) is 16.3 Å². The lowest BCUT2D eigenvalue weighted by Crippen LogP contribution is -2.32. The number of thiazole rings is 1. The standard InChI is InChI=1S/C26H19Cl2N3O4S/c1-33-20-10-14(11-21(34-2)23(20)35-3)9-19-25(32)31(24(29-19)15-7-5-4-6-8-15)26-30-18-12-16(27)17(28)13-22(18)36-26/h4-13H,1-3H3/b19-9-. The molecular formula is C26H19Cl2N3O4S. The number of carbonyl (C=O) groups excluding carboxylic acids is 1.